The number of rotatable bonds is 5. The summed E-state index contributed by atoms with van der Waals surface area (Å²) in [7, 11) is 3.18. The number of hydrogen-bond donors (Lipinski definition) is 0. The molecule has 0 saturated heterocycles. The van der Waals surface area contributed by atoms with Gasteiger partial charge < -0.3 is 14.0 Å². The van der Waals surface area contributed by atoms with E-state index in [0.29, 0.717) is 23.2 Å². The number of hydrogen-bond acceptors (Lipinski definition) is 7. The zero-order valence-corrected chi connectivity index (χ0v) is 15.5. The molecule has 8 heteroatoms. The van der Waals surface area contributed by atoms with E-state index >= 15 is 0 Å². The fourth-order valence-corrected chi connectivity index (χ4v) is 2.89. The lowest BCUT2D eigenvalue weighted by Crippen LogP contribution is -2.02. The molecule has 138 valence electrons. The van der Waals surface area contributed by atoms with E-state index in [4.69, 9.17) is 14.0 Å². The number of fused-ring (bicyclic) bond motifs is 1. The molecule has 4 rings (SSSR count). The molecule has 0 bridgehead atoms. The van der Waals surface area contributed by atoms with Crippen molar-refractivity contribution in [2.24, 2.45) is 0 Å². The van der Waals surface area contributed by atoms with Gasteiger partial charge in [-0.15, -0.1) is 5.10 Å². The van der Waals surface area contributed by atoms with Crippen molar-refractivity contribution in [3.05, 3.63) is 36.4 Å². The molecule has 0 N–H and O–H groups in total. The van der Waals surface area contributed by atoms with Crippen molar-refractivity contribution < 1.29 is 14.0 Å². The normalized spacial score (nSPS) is 11.3. The van der Waals surface area contributed by atoms with E-state index in [2.05, 4.69) is 34.3 Å². The summed E-state index contributed by atoms with van der Waals surface area (Å²) in [5.74, 6) is 2.13. The van der Waals surface area contributed by atoms with Crippen LogP contribution in [0.25, 0.3) is 33.9 Å². The van der Waals surface area contributed by atoms with Crippen molar-refractivity contribution in [1.82, 2.24) is 25.1 Å². The monoisotopic (exact) mass is 365 g/mol. The van der Waals surface area contributed by atoms with Crippen LogP contribution >= 0.6 is 0 Å². The third kappa shape index (κ3) is 2.99. The Hall–Kier alpha value is -3.42. The van der Waals surface area contributed by atoms with Crippen LogP contribution in [0.15, 0.2) is 40.9 Å². The van der Waals surface area contributed by atoms with Crippen molar-refractivity contribution in [2.75, 3.05) is 14.2 Å². The second kappa shape index (κ2) is 6.71. The van der Waals surface area contributed by atoms with Crippen molar-refractivity contribution in [2.45, 2.75) is 19.9 Å². The predicted octanol–water partition coefficient (Wildman–Crippen LogP) is 3.75. The minimum atomic E-state index is 0.237. The molecule has 0 aliphatic heterocycles. The summed E-state index contributed by atoms with van der Waals surface area (Å²) in [5.41, 5.74) is 3.31. The first-order valence-corrected chi connectivity index (χ1v) is 8.52. The van der Waals surface area contributed by atoms with Crippen molar-refractivity contribution in [3.63, 3.8) is 0 Å². The second-order valence-electron chi connectivity index (χ2n) is 6.32. The maximum absolute atomic E-state index is 5.45. The average molecular weight is 365 g/mol. The van der Waals surface area contributed by atoms with Crippen LogP contribution < -0.4 is 9.47 Å². The van der Waals surface area contributed by atoms with E-state index in [1.54, 1.807) is 20.3 Å². The first kappa shape index (κ1) is 17.0. The molecule has 0 fully saturated rings. The van der Waals surface area contributed by atoms with Gasteiger partial charge in [-0.1, -0.05) is 10.4 Å². The third-order valence-corrected chi connectivity index (χ3v) is 4.27. The molecule has 0 aliphatic carbocycles. The summed E-state index contributed by atoms with van der Waals surface area (Å²) >= 11 is 0. The van der Waals surface area contributed by atoms with Gasteiger partial charge in [0, 0.05) is 17.2 Å². The Bertz CT molecular complexity index is 1100. The summed E-state index contributed by atoms with van der Waals surface area (Å²) in [4.78, 5) is 4.50. The second-order valence-corrected chi connectivity index (χ2v) is 6.32. The minimum Gasteiger partial charge on any atom is -0.493 e. The smallest absolute Gasteiger partial charge is 0.258 e. The molecular weight excluding hydrogens is 346 g/mol. The van der Waals surface area contributed by atoms with Crippen LogP contribution in [0, 0.1) is 0 Å². The third-order valence-electron chi connectivity index (χ3n) is 4.27. The number of benzene rings is 2. The zero-order chi connectivity index (χ0) is 19.0. The van der Waals surface area contributed by atoms with Gasteiger partial charge >= 0.3 is 0 Å². The quantitative estimate of drug-likeness (QED) is 0.532. The van der Waals surface area contributed by atoms with Gasteiger partial charge in [-0.05, 0) is 50.2 Å². The van der Waals surface area contributed by atoms with Gasteiger partial charge in [-0.25, -0.2) is 4.68 Å². The Balaban J connectivity index is 1.69. The van der Waals surface area contributed by atoms with Crippen LogP contribution in [-0.2, 0) is 0 Å². The van der Waals surface area contributed by atoms with Crippen LogP contribution in [0.1, 0.15) is 19.9 Å². The van der Waals surface area contributed by atoms with Crippen LogP contribution in [0.2, 0.25) is 0 Å². The van der Waals surface area contributed by atoms with Crippen LogP contribution in [0.5, 0.6) is 11.5 Å². The largest absolute Gasteiger partial charge is 0.493 e. The highest BCUT2D eigenvalue weighted by atomic mass is 16.5. The number of aromatic nitrogens is 5. The maximum atomic E-state index is 5.45. The number of nitrogens with zero attached hydrogens (tertiary/aromatic N) is 5. The van der Waals surface area contributed by atoms with Gasteiger partial charge in [-0.3, -0.25) is 0 Å². The van der Waals surface area contributed by atoms with Crippen molar-refractivity contribution >= 4 is 11.0 Å². The first-order valence-electron chi connectivity index (χ1n) is 8.52. The highest BCUT2D eigenvalue weighted by Crippen LogP contribution is 2.32. The fourth-order valence-electron chi connectivity index (χ4n) is 2.89. The summed E-state index contributed by atoms with van der Waals surface area (Å²) in [5, 5.41) is 12.5. The lowest BCUT2D eigenvalue weighted by molar-refractivity contribution is 0.355. The highest BCUT2D eigenvalue weighted by Gasteiger charge is 2.15. The summed E-state index contributed by atoms with van der Waals surface area (Å²) in [6.07, 6.45) is 0. The van der Waals surface area contributed by atoms with Crippen molar-refractivity contribution in [1.29, 1.82) is 0 Å². The van der Waals surface area contributed by atoms with Gasteiger partial charge in [0.25, 0.3) is 5.89 Å². The summed E-state index contributed by atoms with van der Waals surface area (Å²) < 4.78 is 17.9. The van der Waals surface area contributed by atoms with Crippen molar-refractivity contribution in [3.8, 4) is 34.3 Å². The maximum Gasteiger partial charge on any atom is 0.258 e. The molecular formula is C19H19N5O3. The minimum absolute atomic E-state index is 0.237. The lowest BCUT2D eigenvalue weighted by atomic mass is 10.1. The van der Waals surface area contributed by atoms with Gasteiger partial charge in [-0.2, -0.15) is 4.98 Å². The van der Waals surface area contributed by atoms with E-state index in [9.17, 15) is 0 Å². The number of methoxy groups -OCH3 is 2. The van der Waals surface area contributed by atoms with E-state index < -0.39 is 0 Å². The molecule has 0 atom stereocenters. The molecule has 0 radical (unpaired) electrons. The Labute approximate surface area is 155 Å². The molecule has 2 aromatic carbocycles. The Morgan fingerprint density at radius 3 is 2.48 bits per heavy atom. The van der Waals surface area contributed by atoms with Gasteiger partial charge in [0.05, 0.1) is 19.7 Å². The SMILES string of the molecule is COc1ccc(-c2noc(-c3ccc4c(c3)nnn4C(C)C)n2)cc1OC. The van der Waals surface area contributed by atoms with E-state index in [1.165, 1.54) is 0 Å². The highest BCUT2D eigenvalue weighted by molar-refractivity contribution is 5.80. The molecule has 27 heavy (non-hydrogen) atoms. The van der Waals surface area contributed by atoms with Gasteiger partial charge in [0.15, 0.2) is 11.5 Å². The molecule has 2 aromatic heterocycles. The van der Waals surface area contributed by atoms with Crippen LogP contribution in [0.3, 0.4) is 0 Å². The standard InChI is InChI=1S/C19H19N5O3/c1-11(2)24-15-7-5-13(9-14(15)21-23-24)19-20-18(22-27-19)12-6-8-16(25-3)17(10-12)26-4/h5-11H,1-4H3. The summed E-state index contributed by atoms with van der Waals surface area (Å²) in [6.45, 7) is 4.13. The zero-order valence-electron chi connectivity index (χ0n) is 15.5. The summed E-state index contributed by atoms with van der Waals surface area (Å²) in [6, 6.07) is 11.5. The predicted molar refractivity (Wildman–Crippen MR) is 99.7 cm³/mol. The molecule has 0 spiro atoms. The average Bonchev–Trinajstić information content (AvgIpc) is 3.34. The van der Waals surface area contributed by atoms with Gasteiger partial charge in [0.1, 0.15) is 5.52 Å². The molecule has 0 unspecified atom stereocenters. The topological polar surface area (TPSA) is 88.1 Å². The molecule has 2 heterocycles. The van der Waals surface area contributed by atoms with Crippen LogP contribution in [-0.4, -0.2) is 39.4 Å². The molecule has 0 aliphatic rings. The first-order chi connectivity index (χ1) is 13.1. The lowest BCUT2D eigenvalue weighted by Gasteiger charge is -2.07. The molecule has 0 amide bonds. The number of ether oxygens (including phenoxy) is 2. The molecule has 4 aromatic rings. The molecule has 0 saturated carbocycles. The van der Waals surface area contributed by atoms with Gasteiger partial charge in [0.2, 0.25) is 5.82 Å². The van der Waals surface area contributed by atoms with Crippen LogP contribution in [0.4, 0.5) is 0 Å². The fraction of sp³-hybridized carbons (Fsp3) is 0.263. The Morgan fingerprint density at radius 1 is 0.963 bits per heavy atom. The Kier molecular flexibility index (Phi) is 4.23. The van der Waals surface area contributed by atoms with E-state index in [-0.39, 0.29) is 6.04 Å². The Morgan fingerprint density at radius 2 is 1.74 bits per heavy atom. The van der Waals surface area contributed by atoms with E-state index in [0.717, 1.165) is 22.2 Å². The van der Waals surface area contributed by atoms with E-state index in [1.807, 2.05) is 35.0 Å². The molecule has 8 nitrogen and oxygen atoms in total.